The number of hydrogen-bond donors (Lipinski definition) is 0. The second-order valence-corrected chi connectivity index (χ2v) is 19.3. The molecule has 10 aromatic rings. The Kier molecular flexibility index (Phi) is 11.0. The maximum Gasteiger partial charge on any atom is 0.0569 e. The molecular weight excluding hydrogens is 797 g/mol. The highest BCUT2D eigenvalue weighted by Gasteiger charge is 2.29. The van der Waals surface area contributed by atoms with Gasteiger partial charge < -0.3 is 9.80 Å². The fraction of sp³-hybridized carbons (Fsp3) is 0.188. The summed E-state index contributed by atoms with van der Waals surface area (Å²) in [6.07, 6.45) is 0. The van der Waals surface area contributed by atoms with Crippen molar-refractivity contribution in [3.63, 3.8) is 0 Å². The Morgan fingerprint density at radius 1 is 0.318 bits per heavy atom. The van der Waals surface area contributed by atoms with Crippen molar-refractivity contribution in [1.82, 2.24) is 0 Å². The van der Waals surface area contributed by atoms with Crippen LogP contribution < -0.4 is 9.80 Å². The quantitative estimate of drug-likeness (QED) is 0.126. The Balaban J connectivity index is 1.38. The number of aryl methyl sites for hydroxylation is 6. The average molecular weight is 857 g/mol. The van der Waals surface area contributed by atoms with Gasteiger partial charge in [0, 0.05) is 33.3 Å². The third kappa shape index (κ3) is 7.20. The zero-order chi connectivity index (χ0) is 46.0. The van der Waals surface area contributed by atoms with Crippen molar-refractivity contribution in [1.29, 1.82) is 0 Å². The van der Waals surface area contributed by atoms with E-state index in [9.17, 15) is 0 Å². The number of rotatable bonds is 10. The molecule has 0 N–H and O–H groups in total. The van der Waals surface area contributed by atoms with Gasteiger partial charge in [-0.15, -0.1) is 0 Å². The number of para-hydroxylation sites is 2. The van der Waals surface area contributed by atoms with Crippen LogP contribution in [0.5, 0.6) is 0 Å². The third-order valence-corrected chi connectivity index (χ3v) is 13.9. The summed E-state index contributed by atoms with van der Waals surface area (Å²) in [5.41, 5.74) is 22.2. The molecule has 0 amide bonds. The van der Waals surface area contributed by atoms with Crippen molar-refractivity contribution < 1.29 is 0 Å². The van der Waals surface area contributed by atoms with Crippen LogP contribution in [0.15, 0.2) is 170 Å². The molecule has 0 aliphatic heterocycles. The van der Waals surface area contributed by atoms with E-state index in [2.05, 4.69) is 249 Å². The number of anilines is 6. The number of benzene rings is 10. The predicted molar refractivity (Wildman–Crippen MR) is 287 cm³/mol. The van der Waals surface area contributed by atoms with Gasteiger partial charge in [-0.3, -0.25) is 0 Å². The van der Waals surface area contributed by atoms with Crippen molar-refractivity contribution in [3.8, 4) is 22.3 Å². The molecular formula is C64H60N2. The molecule has 0 unspecified atom stereocenters. The van der Waals surface area contributed by atoms with E-state index >= 15 is 0 Å². The lowest BCUT2D eigenvalue weighted by atomic mass is 9.83. The third-order valence-electron chi connectivity index (χ3n) is 13.9. The molecule has 2 nitrogen and oxygen atoms in total. The zero-order valence-electron chi connectivity index (χ0n) is 40.2. The van der Waals surface area contributed by atoms with Gasteiger partial charge in [0.05, 0.1) is 22.7 Å². The van der Waals surface area contributed by atoms with E-state index in [-0.39, 0.29) is 11.8 Å². The highest BCUT2D eigenvalue weighted by molar-refractivity contribution is 6.29. The Bertz CT molecular complexity index is 3200. The molecule has 0 atom stereocenters. The van der Waals surface area contributed by atoms with Crippen LogP contribution in [0, 0.1) is 41.5 Å². The van der Waals surface area contributed by atoms with Gasteiger partial charge in [0.25, 0.3) is 0 Å². The minimum Gasteiger partial charge on any atom is -0.309 e. The Labute approximate surface area is 392 Å². The Morgan fingerprint density at radius 2 is 0.697 bits per heavy atom. The highest BCUT2D eigenvalue weighted by Crippen LogP contribution is 2.54. The van der Waals surface area contributed by atoms with E-state index < -0.39 is 0 Å². The average Bonchev–Trinajstić information content (AvgIpc) is 3.32. The topological polar surface area (TPSA) is 6.48 Å². The molecule has 0 bridgehead atoms. The lowest BCUT2D eigenvalue weighted by Crippen LogP contribution is -2.16. The summed E-state index contributed by atoms with van der Waals surface area (Å²) in [5.74, 6) is 0.547. The summed E-state index contributed by atoms with van der Waals surface area (Å²) in [5, 5.41) is 7.80. The second-order valence-electron chi connectivity index (χ2n) is 19.3. The summed E-state index contributed by atoms with van der Waals surface area (Å²) >= 11 is 0. The van der Waals surface area contributed by atoms with Gasteiger partial charge in [0.2, 0.25) is 0 Å². The predicted octanol–water partition coefficient (Wildman–Crippen LogP) is 19.0. The molecule has 10 aromatic carbocycles. The Hall–Kier alpha value is -7.16. The van der Waals surface area contributed by atoms with Crippen molar-refractivity contribution in [2.24, 2.45) is 0 Å². The normalized spacial score (nSPS) is 11.8. The summed E-state index contributed by atoms with van der Waals surface area (Å²) < 4.78 is 0. The van der Waals surface area contributed by atoms with Gasteiger partial charge in [-0.2, -0.15) is 0 Å². The van der Waals surface area contributed by atoms with Gasteiger partial charge in [0.15, 0.2) is 0 Å². The van der Waals surface area contributed by atoms with Crippen LogP contribution in [0.3, 0.4) is 0 Å². The van der Waals surface area contributed by atoms with Crippen molar-refractivity contribution in [2.75, 3.05) is 9.80 Å². The van der Waals surface area contributed by atoms with E-state index in [1.807, 2.05) is 0 Å². The van der Waals surface area contributed by atoms with Crippen molar-refractivity contribution >= 4 is 66.4 Å². The van der Waals surface area contributed by atoms with Crippen LogP contribution in [0.4, 0.5) is 34.1 Å². The van der Waals surface area contributed by atoms with Crippen LogP contribution in [0.1, 0.15) is 84.0 Å². The van der Waals surface area contributed by atoms with E-state index in [4.69, 9.17) is 0 Å². The largest absolute Gasteiger partial charge is 0.309 e. The molecule has 0 radical (unpaired) electrons. The molecule has 10 rings (SSSR count). The molecule has 66 heavy (non-hydrogen) atoms. The molecule has 0 fully saturated rings. The first-order valence-electron chi connectivity index (χ1n) is 23.7. The van der Waals surface area contributed by atoms with Gasteiger partial charge in [-0.05, 0) is 155 Å². The van der Waals surface area contributed by atoms with E-state index in [1.165, 1.54) is 133 Å². The van der Waals surface area contributed by atoms with Crippen molar-refractivity contribution in [2.45, 2.75) is 81.1 Å². The van der Waals surface area contributed by atoms with E-state index in [0.717, 1.165) is 0 Å². The minimum atomic E-state index is 0.273. The molecule has 326 valence electrons. The molecule has 0 aliphatic rings. The molecule has 0 saturated carbocycles. The summed E-state index contributed by atoms with van der Waals surface area (Å²) in [6.45, 7) is 22.9. The van der Waals surface area contributed by atoms with Crippen LogP contribution in [-0.2, 0) is 0 Å². The second kappa shape index (κ2) is 17.0. The number of hydrogen-bond acceptors (Lipinski definition) is 2. The molecule has 0 aliphatic carbocycles. The summed E-state index contributed by atoms with van der Waals surface area (Å²) in [4.78, 5) is 5.20. The molecule has 0 aromatic heterocycles. The SMILES string of the molecule is Cc1ccc(C)c(N(c2c(C)cccc2-c2ccccc2)c2cc(C(C)C)c3ccc4c(N(c5cc(C)ccc5C)c5c(C)cccc5-c5ccccc5)cc(C(C)C)c5ccc2c3c54)c1. The fourth-order valence-corrected chi connectivity index (χ4v) is 10.6. The zero-order valence-corrected chi connectivity index (χ0v) is 40.2. The monoisotopic (exact) mass is 856 g/mol. The van der Waals surface area contributed by atoms with Crippen molar-refractivity contribution in [3.05, 3.63) is 214 Å². The van der Waals surface area contributed by atoms with Crippen LogP contribution in [-0.4, -0.2) is 0 Å². The van der Waals surface area contributed by atoms with Gasteiger partial charge in [-0.25, -0.2) is 0 Å². The van der Waals surface area contributed by atoms with Crippen LogP contribution >= 0.6 is 0 Å². The maximum atomic E-state index is 2.60. The maximum absolute atomic E-state index is 2.60. The Morgan fingerprint density at radius 3 is 1.08 bits per heavy atom. The van der Waals surface area contributed by atoms with Gasteiger partial charge >= 0.3 is 0 Å². The highest BCUT2D eigenvalue weighted by atomic mass is 15.2. The number of nitrogens with zero attached hydrogens (tertiary/aromatic N) is 2. The van der Waals surface area contributed by atoms with Crippen LogP contribution in [0.25, 0.3) is 54.6 Å². The molecule has 0 spiro atoms. The summed E-state index contributed by atoms with van der Waals surface area (Å²) in [6, 6.07) is 64.0. The summed E-state index contributed by atoms with van der Waals surface area (Å²) in [7, 11) is 0. The molecule has 2 heteroatoms. The van der Waals surface area contributed by atoms with Gasteiger partial charge in [0.1, 0.15) is 0 Å². The fourth-order valence-electron chi connectivity index (χ4n) is 10.6. The lowest BCUT2D eigenvalue weighted by molar-refractivity contribution is 0.875. The van der Waals surface area contributed by atoms with E-state index in [0.29, 0.717) is 0 Å². The minimum absolute atomic E-state index is 0.273. The lowest BCUT2D eigenvalue weighted by Gasteiger charge is -2.35. The van der Waals surface area contributed by atoms with Gasteiger partial charge in [-0.1, -0.05) is 173 Å². The smallest absolute Gasteiger partial charge is 0.0569 e. The van der Waals surface area contributed by atoms with Crippen LogP contribution in [0.2, 0.25) is 0 Å². The first-order chi connectivity index (χ1) is 31.9. The molecule has 0 heterocycles. The first kappa shape index (κ1) is 42.8. The standard InChI is InChI=1S/C64H60N2/c1-39(2)55-37-59(65(57-35-41(5)27-29-43(57)7)63-45(9)19-17-25-49(63)47-21-13-11-14-22-47)53-34-32-52-56(40(3)4)38-60(54-33-31-51(55)61(53)62(52)54)66(58-36-42(6)28-30-44(58)8)64-46(10)20-18-26-50(64)48-23-15-12-16-24-48/h11-40H,1-10H3. The molecule has 0 saturated heterocycles. The van der Waals surface area contributed by atoms with E-state index in [1.54, 1.807) is 0 Å². The first-order valence-corrected chi connectivity index (χ1v) is 23.7.